The molecule has 6 heteroatoms. The standard InChI is InChI=1S/C17H13Cl2N3O/c1-9-2-4-10(5-3-9)14-8-15(22-17(20)21-14)12-6-11(18)7-13(19)16(12)23/h2-8,23H,1H3,(H2,20,21,22). The summed E-state index contributed by atoms with van der Waals surface area (Å²) in [6, 6.07) is 12.7. The molecular formula is C17H13Cl2N3O. The number of hydrogen-bond donors (Lipinski definition) is 2. The van der Waals surface area contributed by atoms with E-state index in [1.54, 1.807) is 12.1 Å². The highest BCUT2D eigenvalue weighted by Gasteiger charge is 2.14. The number of phenolic OH excluding ortho intramolecular Hbond substituents is 1. The van der Waals surface area contributed by atoms with Gasteiger partial charge in [-0.15, -0.1) is 0 Å². The van der Waals surface area contributed by atoms with Gasteiger partial charge in [-0.05, 0) is 25.1 Å². The number of halogens is 2. The van der Waals surface area contributed by atoms with Crippen molar-refractivity contribution in [2.45, 2.75) is 6.92 Å². The Hall–Kier alpha value is -2.30. The van der Waals surface area contributed by atoms with E-state index in [1.165, 1.54) is 6.07 Å². The molecule has 0 aliphatic carbocycles. The molecule has 4 nitrogen and oxygen atoms in total. The number of benzene rings is 2. The van der Waals surface area contributed by atoms with Crippen LogP contribution in [0.15, 0.2) is 42.5 Å². The predicted molar refractivity (Wildman–Crippen MR) is 93.7 cm³/mol. The summed E-state index contributed by atoms with van der Waals surface area (Å²) in [6.07, 6.45) is 0. The number of aromatic nitrogens is 2. The zero-order valence-corrected chi connectivity index (χ0v) is 13.7. The molecule has 0 saturated heterocycles. The Morgan fingerprint density at radius 1 is 0.957 bits per heavy atom. The molecule has 0 spiro atoms. The third-order valence-corrected chi connectivity index (χ3v) is 3.90. The van der Waals surface area contributed by atoms with Crippen molar-refractivity contribution >= 4 is 29.2 Å². The first-order valence-electron chi connectivity index (χ1n) is 6.84. The summed E-state index contributed by atoms with van der Waals surface area (Å²) in [6.45, 7) is 2.01. The molecule has 0 aliphatic heterocycles. The van der Waals surface area contributed by atoms with Gasteiger partial charge >= 0.3 is 0 Å². The number of nitrogen functional groups attached to an aromatic ring is 1. The molecule has 0 radical (unpaired) electrons. The van der Waals surface area contributed by atoms with Gasteiger partial charge in [0.15, 0.2) is 0 Å². The predicted octanol–water partition coefficient (Wildman–Crippen LogP) is 4.71. The van der Waals surface area contributed by atoms with Crippen LogP contribution in [0.4, 0.5) is 5.95 Å². The normalized spacial score (nSPS) is 10.7. The summed E-state index contributed by atoms with van der Waals surface area (Å²) in [5.41, 5.74) is 9.39. The first kappa shape index (κ1) is 15.6. The number of phenols is 1. The van der Waals surface area contributed by atoms with Crippen molar-refractivity contribution in [1.29, 1.82) is 0 Å². The summed E-state index contributed by atoms with van der Waals surface area (Å²) < 4.78 is 0. The Kier molecular flexibility index (Phi) is 4.11. The Morgan fingerprint density at radius 2 is 1.61 bits per heavy atom. The van der Waals surface area contributed by atoms with E-state index in [-0.39, 0.29) is 16.7 Å². The fourth-order valence-electron chi connectivity index (χ4n) is 2.24. The first-order valence-corrected chi connectivity index (χ1v) is 7.59. The SMILES string of the molecule is Cc1ccc(-c2cc(-c3cc(Cl)cc(Cl)c3O)nc(N)n2)cc1. The average molecular weight is 346 g/mol. The highest BCUT2D eigenvalue weighted by Crippen LogP contribution is 2.38. The zero-order chi connectivity index (χ0) is 16.6. The van der Waals surface area contributed by atoms with Gasteiger partial charge in [0.25, 0.3) is 0 Å². The highest BCUT2D eigenvalue weighted by molar-refractivity contribution is 6.36. The highest BCUT2D eigenvalue weighted by atomic mass is 35.5. The van der Waals surface area contributed by atoms with Crippen molar-refractivity contribution in [3.63, 3.8) is 0 Å². The summed E-state index contributed by atoms with van der Waals surface area (Å²) in [4.78, 5) is 8.43. The molecule has 0 unspecified atom stereocenters. The Labute approximate surface area is 143 Å². The topological polar surface area (TPSA) is 72.0 Å². The molecule has 23 heavy (non-hydrogen) atoms. The molecule has 0 fully saturated rings. The molecule has 3 N–H and O–H groups in total. The van der Waals surface area contributed by atoms with Crippen molar-refractivity contribution in [1.82, 2.24) is 9.97 Å². The van der Waals surface area contributed by atoms with Gasteiger partial charge in [0.1, 0.15) is 5.75 Å². The van der Waals surface area contributed by atoms with Crippen molar-refractivity contribution in [3.8, 4) is 28.3 Å². The van der Waals surface area contributed by atoms with Crippen LogP contribution in [0.25, 0.3) is 22.5 Å². The summed E-state index contributed by atoms with van der Waals surface area (Å²) >= 11 is 12.0. The molecule has 1 heterocycles. The van der Waals surface area contributed by atoms with Gasteiger partial charge in [-0.3, -0.25) is 0 Å². The molecule has 0 atom stereocenters. The van der Waals surface area contributed by atoms with E-state index in [2.05, 4.69) is 9.97 Å². The molecular weight excluding hydrogens is 333 g/mol. The van der Waals surface area contributed by atoms with Crippen molar-refractivity contribution in [2.24, 2.45) is 0 Å². The molecule has 2 aromatic carbocycles. The second-order valence-corrected chi connectivity index (χ2v) is 5.99. The lowest BCUT2D eigenvalue weighted by Crippen LogP contribution is -1.99. The third-order valence-electron chi connectivity index (χ3n) is 3.39. The number of nitrogens with zero attached hydrogens (tertiary/aromatic N) is 2. The van der Waals surface area contributed by atoms with Gasteiger partial charge < -0.3 is 10.8 Å². The maximum absolute atomic E-state index is 10.2. The van der Waals surface area contributed by atoms with Gasteiger partial charge in [-0.1, -0.05) is 53.0 Å². The van der Waals surface area contributed by atoms with Crippen LogP contribution in [0.1, 0.15) is 5.56 Å². The van der Waals surface area contributed by atoms with Crippen LogP contribution in [-0.2, 0) is 0 Å². The molecule has 0 saturated carbocycles. The second kappa shape index (κ2) is 6.07. The first-order chi connectivity index (χ1) is 10.9. The van der Waals surface area contributed by atoms with Crippen LogP contribution < -0.4 is 5.73 Å². The minimum atomic E-state index is -0.0935. The number of aromatic hydroxyl groups is 1. The maximum atomic E-state index is 10.2. The molecule has 0 bridgehead atoms. The molecule has 0 amide bonds. The lowest BCUT2D eigenvalue weighted by molar-refractivity contribution is 0.477. The fourth-order valence-corrected chi connectivity index (χ4v) is 2.73. The zero-order valence-electron chi connectivity index (χ0n) is 12.2. The molecule has 3 aromatic rings. The lowest BCUT2D eigenvalue weighted by Gasteiger charge is -2.09. The minimum absolute atomic E-state index is 0.0935. The van der Waals surface area contributed by atoms with Crippen LogP contribution in [-0.4, -0.2) is 15.1 Å². The van der Waals surface area contributed by atoms with Crippen molar-refractivity contribution in [3.05, 3.63) is 58.1 Å². The minimum Gasteiger partial charge on any atom is -0.506 e. The largest absolute Gasteiger partial charge is 0.506 e. The number of rotatable bonds is 2. The second-order valence-electron chi connectivity index (χ2n) is 5.15. The molecule has 3 rings (SSSR count). The Bertz CT molecular complexity index is 880. The van der Waals surface area contributed by atoms with Crippen LogP contribution in [0.2, 0.25) is 10.0 Å². The summed E-state index contributed by atoms with van der Waals surface area (Å²) in [7, 11) is 0. The van der Waals surface area contributed by atoms with E-state index < -0.39 is 0 Å². The quantitative estimate of drug-likeness (QED) is 0.705. The van der Waals surface area contributed by atoms with Crippen molar-refractivity contribution < 1.29 is 5.11 Å². The van der Waals surface area contributed by atoms with E-state index >= 15 is 0 Å². The summed E-state index contributed by atoms with van der Waals surface area (Å²) in [5, 5.41) is 10.7. The maximum Gasteiger partial charge on any atom is 0.221 e. The molecule has 116 valence electrons. The monoisotopic (exact) mass is 345 g/mol. The van der Waals surface area contributed by atoms with Crippen LogP contribution in [0.5, 0.6) is 5.75 Å². The van der Waals surface area contributed by atoms with Crippen LogP contribution in [0, 0.1) is 6.92 Å². The van der Waals surface area contributed by atoms with E-state index in [0.29, 0.717) is 22.0 Å². The Balaban J connectivity index is 2.17. The van der Waals surface area contributed by atoms with E-state index in [0.717, 1.165) is 11.1 Å². The number of nitrogens with two attached hydrogens (primary N) is 1. The van der Waals surface area contributed by atoms with Crippen LogP contribution >= 0.6 is 23.2 Å². The van der Waals surface area contributed by atoms with Gasteiger partial charge in [0, 0.05) is 16.1 Å². The van der Waals surface area contributed by atoms with Gasteiger partial charge in [0.2, 0.25) is 5.95 Å². The third kappa shape index (κ3) is 3.23. The lowest BCUT2D eigenvalue weighted by atomic mass is 10.1. The van der Waals surface area contributed by atoms with Crippen molar-refractivity contribution in [2.75, 3.05) is 5.73 Å². The number of aryl methyl sites for hydroxylation is 1. The average Bonchev–Trinajstić information content (AvgIpc) is 2.51. The van der Waals surface area contributed by atoms with Gasteiger partial charge in [0.05, 0.1) is 16.4 Å². The van der Waals surface area contributed by atoms with Gasteiger partial charge in [-0.2, -0.15) is 0 Å². The van der Waals surface area contributed by atoms with E-state index in [1.807, 2.05) is 31.2 Å². The summed E-state index contributed by atoms with van der Waals surface area (Å²) in [5.74, 6) is 0.0117. The number of anilines is 1. The molecule has 1 aromatic heterocycles. The smallest absolute Gasteiger partial charge is 0.221 e. The van der Waals surface area contributed by atoms with E-state index in [9.17, 15) is 5.11 Å². The van der Waals surface area contributed by atoms with Gasteiger partial charge in [-0.25, -0.2) is 9.97 Å². The van der Waals surface area contributed by atoms with E-state index in [4.69, 9.17) is 28.9 Å². The fraction of sp³-hybridized carbons (Fsp3) is 0.0588. The number of hydrogen-bond acceptors (Lipinski definition) is 4. The van der Waals surface area contributed by atoms with Crippen LogP contribution in [0.3, 0.4) is 0 Å². The molecule has 0 aliphatic rings. The Morgan fingerprint density at radius 3 is 2.30 bits per heavy atom.